The van der Waals surface area contributed by atoms with Gasteiger partial charge in [-0.2, -0.15) is 0 Å². The summed E-state index contributed by atoms with van der Waals surface area (Å²) in [4.78, 5) is 23.3. The molecule has 0 aliphatic heterocycles. The normalized spacial score (nSPS) is 26.5. The van der Waals surface area contributed by atoms with Crippen LogP contribution in [0.4, 0.5) is 0 Å². The van der Waals surface area contributed by atoms with Crippen molar-refractivity contribution in [1.29, 1.82) is 0 Å². The summed E-state index contributed by atoms with van der Waals surface area (Å²) in [6, 6.07) is 3.03. The zero-order chi connectivity index (χ0) is 15.6. The van der Waals surface area contributed by atoms with Gasteiger partial charge in [-0.3, -0.25) is 9.59 Å². The second-order valence-corrected chi connectivity index (χ2v) is 6.16. The monoisotopic (exact) mass is 298 g/mol. The third-order valence-electron chi connectivity index (χ3n) is 4.87. The van der Waals surface area contributed by atoms with Crippen molar-refractivity contribution in [3.8, 4) is 11.5 Å². The van der Waals surface area contributed by atoms with E-state index in [0.717, 1.165) is 0 Å². The van der Waals surface area contributed by atoms with Crippen molar-refractivity contribution < 1.29 is 24.9 Å². The van der Waals surface area contributed by atoms with Gasteiger partial charge in [0.1, 0.15) is 0 Å². The number of fused-ring (bicyclic) bond motifs is 4. The highest BCUT2D eigenvalue weighted by Crippen LogP contribution is 2.54. The number of hydrogen-bond donors (Lipinski definition) is 3. The molecule has 1 unspecified atom stereocenters. The van der Waals surface area contributed by atoms with Crippen LogP contribution >= 0.6 is 0 Å². The number of carbonyl (C=O) groups excluding carboxylic acids is 2. The maximum Gasteiger partial charge on any atom is 0.222 e. The molecule has 0 spiro atoms. The Morgan fingerprint density at radius 3 is 2.68 bits per heavy atom. The molecule has 0 saturated carbocycles. The van der Waals surface area contributed by atoms with Crippen molar-refractivity contribution in [1.82, 2.24) is 0 Å². The zero-order valence-electron chi connectivity index (χ0n) is 11.7. The average molecular weight is 298 g/mol. The summed E-state index contributed by atoms with van der Waals surface area (Å²) in [6.45, 7) is 0. The molecule has 4 rings (SSSR count). The van der Waals surface area contributed by atoms with Gasteiger partial charge in [0.2, 0.25) is 11.6 Å². The number of benzene rings is 1. The minimum Gasteiger partial charge on any atom is -0.504 e. The molecular formula is C17H14O5. The highest BCUT2D eigenvalue weighted by Gasteiger charge is 2.47. The van der Waals surface area contributed by atoms with Crippen molar-refractivity contribution in [3.05, 3.63) is 40.5 Å². The van der Waals surface area contributed by atoms with Crippen molar-refractivity contribution in [2.75, 3.05) is 0 Å². The first-order valence-corrected chi connectivity index (χ1v) is 7.19. The van der Waals surface area contributed by atoms with E-state index in [1.165, 1.54) is 12.1 Å². The molecule has 0 bridgehead atoms. The van der Waals surface area contributed by atoms with Crippen LogP contribution < -0.4 is 0 Å². The van der Waals surface area contributed by atoms with E-state index in [9.17, 15) is 24.9 Å². The third kappa shape index (κ3) is 1.57. The summed E-state index contributed by atoms with van der Waals surface area (Å²) < 4.78 is 0. The molecule has 3 aliphatic carbocycles. The Morgan fingerprint density at radius 2 is 1.91 bits per heavy atom. The van der Waals surface area contributed by atoms with Crippen molar-refractivity contribution in [2.24, 2.45) is 0 Å². The highest BCUT2D eigenvalue weighted by atomic mass is 16.3. The van der Waals surface area contributed by atoms with Crippen molar-refractivity contribution in [3.63, 3.8) is 0 Å². The summed E-state index contributed by atoms with van der Waals surface area (Å²) in [5.74, 6) is -1.37. The second kappa shape index (κ2) is 4.08. The lowest BCUT2D eigenvalue weighted by Gasteiger charge is -2.33. The second-order valence-electron chi connectivity index (χ2n) is 6.16. The quantitative estimate of drug-likeness (QED) is 0.497. The Labute approximate surface area is 126 Å². The standard InChI is InChI=1S/C17H14O5/c18-12-2-1-9-10(16(12)21)3-4-17(22)7-8-5-13(19)14(20)6-11(8)15(9)17/h1-2,5,18,21-22H,3-4,6-7H2. The van der Waals surface area contributed by atoms with E-state index in [1.807, 2.05) is 0 Å². The smallest absolute Gasteiger partial charge is 0.222 e. The Bertz CT molecular complexity index is 815. The van der Waals surface area contributed by atoms with E-state index in [0.29, 0.717) is 47.1 Å². The molecule has 0 radical (unpaired) electrons. The first kappa shape index (κ1) is 13.3. The van der Waals surface area contributed by atoms with E-state index in [1.54, 1.807) is 6.07 Å². The van der Waals surface area contributed by atoms with E-state index in [2.05, 4.69) is 0 Å². The molecule has 1 aromatic carbocycles. The number of Topliss-reactive ketones (excluding diaryl/α,β-unsaturated/α-hetero) is 1. The maximum atomic E-state index is 11.7. The van der Waals surface area contributed by atoms with Gasteiger partial charge in [0.25, 0.3) is 0 Å². The van der Waals surface area contributed by atoms with Gasteiger partial charge in [0, 0.05) is 18.4 Å². The number of phenols is 2. The van der Waals surface area contributed by atoms with Gasteiger partial charge in [-0.1, -0.05) is 6.07 Å². The predicted molar refractivity (Wildman–Crippen MR) is 77.3 cm³/mol. The lowest BCUT2D eigenvalue weighted by Crippen LogP contribution is -2.32. The van der Waals surface area contributed by atoms with Crippen LogP contribution in [0.25, 0.3) is 5.57 Å². The molecular weight excluding hydrogens is 284 g/mol. The minimum atomic E-state index is -1.11. The zero-order valence-corrected chi connectivity index (χ0v) is 11.7. The van der Waals surface area contributed by atoms with Crippen LogP contribution in [0.5, 0.6) is 11.5 Å². The molecule has 1 aromatic rings. The lowest BCUT2D eigenvalue weighted by molar-refractivity contribution is -0.133. The lowest BCUT2D eigenvalue weighted by atomic mass is 9.76. The summed E-state index contributed by atoms with van der Waals surface area (Å²) in [5.41, 5.74) is 2.15. The summed E-state index contributed by atoms with van der Waals surface area (Å²) in [7, 11) is 0. The van der Waals surface area contributed by atoms with Crippen LogP contribution in [-0.2, 0) is 16.0 Å². The molecule has 0 heterocycles. The van der Waals surface area contributed by atoms with Gasteiger partial charge < -0.3 is 15.3 Å². The number of allylic oxidation sites excluding steroid dienone is 2. The fourth-order valence-corrected chi connectivity index (χ4v) is 3.85. The fourth-order valence-electron chi connectivity index (χ4n) is 3.85. The van der Waals surface area contributed by atoms with E-state index < -0.39 is 17.2 Å². The van der Waals surface area contributed by atoms with Crippen molar-refractivity contribution in [2.45, 2.75) is 31.3 Å². The first-order valence-electron chi connectivity index (χ1n) is 7.19. The van der Waals surface area contributed by atoms with Gasteiger partial charge in [-0.25, -0.2) is 0 Å². The van der Waals surface area contributed by atoms with E-state index in [4.69, 9.17) is 0 Å². The van der Waals surface area contributed by atoms with Crippen molar-refractivity contribution >= 4 is 17.1 Å². The number of aromatic hydroxyl groups is 2. The largest absolute Gasteiger partial charge is 0.504 e. The molecule has 1 atom stereocenters. The van der Waals surface area contributed by atoms with Crippen LogP contribution in [-0.4, -0.2) is 32.5 Å². The molecule has 0 saturated heterocycles. The molecule has 112 valence electrons. The molecule has 0 aromatic heterocycles. The Balaban J connectivity index is 2.01. The number of ketones is 2. The molecule has 5 heteroatoms. The molecule has 5 nitrogen and oxygen atoms in total. The van der Waals surface area contributed by atoms with Gasteiger partial charge in [-0.05, 0) is 47.3 Å². The van der Waals surface area contributed by atoms with E-state index >= 15 is 0 Å². The third-order valence-corrected chi connectivity index (χ3v) is 4.87. The number of carbonyl (C=O) groups is 2. The predicted octanol–water partition coefficient (Wildman–Crippen LogP) is 1.40. The molecule has 3 aliphatic rings. The first-order chi connectivity index (χ1) is 10.4. The molecule has 0 fully saturated rings. The topological polar surface area (TPSA) is 94.8 Å². The molecule has 3 N–H and O–H groups in total. The Hall–Kier alpha value is -2.40. The number of aliphatic hydroxyl groups is 1. The average Bonchev–Trinajstić information content (AvgIpc) is 2.75. The van der Waals surface area contributed by atoms with Gasteiger partial charge in [0.15, 0.2) is 11.5 Å². The van der Waals surface area contributed by atoms with Crippen LogP contribution in [0.3, 0.4) is 0 Å². The summed E-state index contributed by atoms with van der Waals surface area (Å²) in [6.07, 6.45) is 2.44. The Morgan fingerprint density at radius 1 is 1.14 bits per heavy atom. The fraction of sp³-hybridized carbons (Fsp3) is 0.294. The van der Waals surface area contributed by atoms with Crippen LogP contribution in [0.2, 0.25) is 0 Å². The highest BCUT2D eigenvalue weighted by molar-refractivity contribution is 6.43. The van der Waals surface area contributed by atoms with Crippen LogP contribution in [0.1, 0.15) is 30.4 Å². The number of rotatable bonds is 0. The van der Waals surface area contributed by atoms with Gasteiger partial charge >= 0.3 is 0 Å². The van der Waals surface area contributed by atoms with Gasteiger partial charge in [-0.15, -0.1) is 0 Å². The summed E-state index contributed by atoms with van der Waals surface area (Å²) in [5, 5.41) is 30.7. The van der Waals surface area contributed by atoms with Crippen LogP contribution in [0, 0.1) is 0 Å². The maximum absolute atomic E-state index is 11.7. The number of phenolic OH excluding ortho intramolecular Hbond substituents is 2. The molecule has 0 amide bonds. The van der Waals surface area contributed by atoms with Crippen LogP contribution in [0.15, 0.2) is 29.4 Å². The van der Waals surface area contributed by atoms with E-state index in [-0.39, 0.29) is 17.9 Å². The Kier molecular flexibility index (Phi) is 2.46. The summed E-state index contributed by atoms with van der Waals surface area (Å²) >= 11 is 0. The molecule has 22 heavy (non-hydrogen) atoms. The SMILES string of the molecule is O=C1C=C2CC3(O)CCc4c(ccc(O)c4O)C3=C2CC1=O. The van der Waals surface area contributed by atoms with Gasteiger partial charge in [0.05, 0.1) is 5.60 Å². The number of hydrogen-bond acceptors (Lipinski definition) is 5. The minimum absolute atomic E-state index is 0.0105.